The van der Waals surface area contributed by atoms with E-state index in [0.29, 0.717) is 11.3 Å². The van der Waals surface area contributed by atoms with Gasteiger partial charge in [0.05, 0.1) is 25.1 Å². The highest BCUT2D eigenvalue weighted by Gasteiger charge is 2.16. The topological polar surface area (TPSA) is 84.5 Å². The summed E-state index contributed by atoms with van der Waals surface area (Å²) < 4.78 is 30.5. The maximum Gasteiger partial charge on any atom is 0.251 e. The molecule has 2 rings (SSSR count). The average molecular weight is 376 g/mol. The zero-order chi connectivity index (χ0) is 19.3. The Bertz CT molecular complexity index is 877. The van der Waals surface area contributed by atoms with Crippen LogP contribution in [0.15, 0.2) is 42.5 Å². The van der Waals surface area contributed by atoms with Crippen LogP contribution in [0.2, 0.25) is 0 Å². The fraction of sp³-hybridized carbons (Fsp3) is 0.316. The third-order valence-corrected chi connectivity index (χ3v) is 4.62. The zero-order valence-electron chi connectivity index (χ0n) is 15.4. The van der Waals surface area contributed by atoms with Gasteiger partial charge in [0, 0.05) is 5.56 Å². The normalized spacial score (nSPS) is 12.3. The lowest BCUT2D eigenvalue weighted by atomic mass is 10.0. The number of hydrogen-bond donors (Lipinski definition) is 2. The second-order valence-corrected chi connectivity index (χ2v) is 7.86. The van der Waals surface area contributed by atoms with Gasteiger partial charge in [-0.15, -0.1) is 0 Å². The van der Waals surface area contributed by atoms with Crippen LogP contribution in [0.4, 0.5) is 5.69 Å². The highest BCUT2D eigenvalue weighted by atomic mass is 32.2. The summed E-state index contributed by atoms with van der Waals surface area (Å²) >= 11 is 0. The molecule has 2 aromatic carbocycles. The molecule has 0 saturated carbocycles. The Morgan fingerprint density at radius 2 is 1.81 bits per heavy atom. The molecule has 7 heteroatoms. The number of ether oxygens (including phenoxy) is 1. The molecule has 0 aromatic heterocycles. The van der Waals surface area contributed by atoms with Crippen LogP contribution in [-0.4, -0.2) is 27.7 Å². The minimum Gasteiger partial charge on any atom is -0.497 e. The molecular formula is C19H24N2O4S. The summed E-state index contributed by atoms with van der Waals surface area (Å²) in [6.07, 6.45) is 1.80. The zero-order valence-corrected chi connectivity index (χ0v) is 16.2. The molecule has 0 aliphatic rings. The highest BCUT2D eigenvalue weighted by Crippen LogP contribution is 2.22. The third kappa shape index (κ3) is 5.23. The summed E-state index contributed by atoms with van der Waals surface area (Å²) in [6.45, 7) is 3.77. The van der Waals surface area contributed by atoms with Crippen LogP contribution in [0.25, 0.3) is 0 Å². The molecule has 0 spiro atoms. The molecule has 0 aliphatic carbocycles. The lowest BCUT2D eigenvalue weighted by Crippen LogP contribution is -2.28. The molecule has 26 heavy (non-hydrogen) atoms. The molecule has 1 atom stereocenters. The highest BCUT2D eigenvalue weighted by molar-refractivity contribution is 7.92. The number of carbonyl (C=O) groups is 1. The number of methoxy groups -OCH3 is 1. The molecule has 0 fully saturated rings. The molecule has 0 heterocycles. The van der Waals surface area contributed by atoms with Crippen molar-refractivity contribution in [2.45, 2.75) is 26.3 Å². The number of amides is 1. The van der Waals surface area contributed by atoms with Gasteiger partial charge in [0.1, 0.15) is 5.75 Å². The number of benzene rings is 2. The molecule has 2 aromatic rings. The molecular weight excluding hydrogens is 352 g/mol. The summed E-state index contributed by atoms with van der Waals surface area (Å²) in [7, 11) is -1.81. The molecule has 0 saturated heterocycles. The Morgan fingerprint density at radius 3 is 2.35 bits per heavy atom. The van der Waals surface area contributed by atoms with Crippen molar-refractivity contribution in [2.75, 3.05) is 18.1 Å². The maximum atomic E-state index is 12.6. The second-order valence-electron chi connectivity index (χ2n) is 6.11. The molecule has 0 radical (unpaired) electrons. The van der Waals surface area contributed by atoms with Crippen molar-refractivity contribution >= 4 is 21.6 Å². The first-order chi connectivity index (χ1) is 12.2. The Kier molecular flexibility index (Phi) is 6.26. The van der Waals surface area contributed by atoms with E-state index in [1.807, 2.05) is 31.2 Å². The van der Waals surface area contributed by atoms with Crippen molar-refractivity contribution in [1.82, 2.24) is 5.32 Å². The van der Waals surface area contributed by atoms with Crippen molar-refractivity contribution in [3.05, 3.63) is 59.2 Å². The third-order valence-electron chi connectivity index (χ3n) is 4.03. The number of anilines is 1. The van der Waals surface area contributed by atoms with Crippen LogP contribution in [0.1, 0.15) is 40.9 Å². The van der Waals surface area contributed by atoms with Gasteiger partial charge in [-0.1, -0.05) is 25.1 Å². The van der Waals surface area contributed by atoms with Gasteiger partial charge in [0.15, 0.2) is 0 Å². The van der Waals surface area contributed by atoms with E-state index in [2.05, 4.69) is 10.0 Å². The van der Waals surface area contributed by atoms with Crippen molar-refractivity contribution in [3.63, 3.8) is 0 Å². The SMILES string of the molecule is CC[C@@H](NC(=O)c1ccc(C)c(NS(C)(=O)=O)c1)c1ccc(OC)cc1. The number of hydrogen-bond acceptors (Lipinski definition) is 4. The van der Waals surface area contributed by atoms with Gasteiger partial charge in [0.2, 0.25) is 10.0 Å². The van der Waals surface area contributed by atoms with Crippen molar-refractivity contribution < 1.29 is 17.9 Å². The van der Waals surface area contributed by atoms with Crippen LogP contribution in [0, 0.1) is 6.92 Å². The van der Waals surface area contributed by atoms with Gasteiger partial charge >= 0.3 is 0 Å². The summed E-state index contributed by atoms with van der Waals surface area (Å²) in [6, 6.07) is 12.3. The predicted molar refractivity (Wildman–Crippen MR) is 103 cm³/mol. The first kappa shape index (κ1) is 19.8. The van der Waals surface area contributed by atoms with Gasteiger partial charge in [-0.3, -0.25) is 9.52 Å². The number of rotatable bonds is 7. The largest absolute Gasteiger partial charge is 0.497 e. The number of nitrogens with one attached hydrogen (secondary N) is 2. The van der Waals surface area contributed by atoms with Gasteiger partial charge in [-0.05, 0) is 48.7 Å². The van der Waals surface area contributed by atoms with Gasteiger partial charge in [-0.25, -0.2) is 8.42 Å². The van der Waals surface area contributed by atoms with Crippen LogP contribution in [0.3, 0.4) is 0 Å². The molecule has 0 bridgehead atoms. The summed E-state index contributed by atoms with van der Waals surface area (Å²) in [5, 5.41) is 2.99. The number of aryl methyl sites for hydroxylation is 1. The minimum absolute atomic E-state index is 0.152. The monoisotopic (exact) mass is 376 g/mol. The average Bonchev–Trinajstić information content (AvgIpc) is 2.60. The van der Waals surface area contributed by atoms with E-state index in [0.717, 1.165) is 29.6 Å². The van der Waals surface area contributed by atoms with Gasteiger partial charge in [0.25, 0.3) is 5.91 Å². The van der Waals surface area contributed by atoms with E-state index < -0.39 is 10.0 Å². The summed E-state index contributed by atoms with van der Waals surface area (Å²) in [4.78, 5) is 12.6. The van der Waals surface area contributed by atoms with Crippen molar-refractivity contribution in [3.8, 4) is 5.75 Å². The Morgan fingerprint density at radius 1 is 1.15 bits per heavy atom. The second kappa shape index (κ2) is 8.23. The van der Waals surface area contributed by atoms with E-state index in [1.54, 1.807) is 32.2 Å². The molecule has 1 amide bonds. The van der Waals surface area contributed by atoms with E-state index in [-0.39, 0.29) is 11.9 Å². The summed E-state index contributed by atoms with van der Waals surface area (Å²) in [5.41, 5.74) is 2.52. The maximum absolute atomic E-state index is 12.6. The van der Waals surface area contributed by atoms with Crippen LogP contribution >= 0.6 is 0 Å². The van der Waals surface area contributed by atoms with E-state index >= 15 is 0 Å². The molecule has 2 N–H and O–H groups in total. The Hall–Kier alpha value is -2.54. The van der Waals surface area contributed by atoms with Crippen molar-refractivity contribution in [1.29, 1.82) is 0 Å². The van der Waals surface area contributed by atoms with E-state index in [1.165, 1.54) is 0 Å². The Balaban J connectivity index is 2.20. The smallest absolute Gasteiger partial charge is 0.251 e. The minimum atomic E-state index is -3.41. The number of sulfonamides is 1. The first-order valence-corrected chi connectivity index (χ1v) is 10.2. The predicted octanol–water partition coefficient (Wildman–Crippen LogP) is 3.26. The lowest BCUT2D eigenvalue weighted by molar-refractivity contribution is 0.0935. The van der Waals surface area contributed by atoms with E-state index in [9.17, 15) is 13.2 Å². The van der Waals surface area contributed by atoms with Crippen LogP contribution in [0.5, 0.6) is 5.75 Å². The molecule has 0 unspecified atom stereocenters. The first-order valence-electron chi connectivity index (χ1n) is 8.26. The van der Waals surface area contributed by atoms with E-state index in [4.69, 9.17) is 4.74 Å². The van der Waals surface area contributed by atoms with Crippen LogP contribution in [-0.2, 0) is 10.0 Å². The quantitative estimate of drug-likeness (QED) is 0.777. The number of carbonyl (C=O) groups excluding carboxylic acids is 1. The molecule has 6 nitrogen and oxygen atoms in total. The van der Waals surface area contributed by atoms with Crippen molar-refractivity contribution in [2.24, 2.45) is 0 Å². The fourth-order valence-electron chi connectivity index (χ4n) is 2.57. The standard InChI is InChI=1S/C19H24N2O4S/c1-5-17(14-8-10-16(25-3)11-9-14)20-19(22)15-7-6-13(2)18(12-15)21-26(4,23)24/h6-12,17,21H,5H2,1-4H3,(H,20,22)/t17-/m1/s1. The van der Waals surface area contributed by atoms with Gasteiger partial charge < -0.3 is 10.1 Å². The summed E-state index contributed by atoms with van der Waals surface area (Å²) in [5.74, 6) is 0.495. The van der Waals surface area contributed by atoms with Gasteiger partial charge in [-0.2, -0.15) is 0 Å². The fourth-order valence-corrected chi connectivity index (χ4v) is 3.19. The lowest BCUT2D eigenvalue weighted by Gasteiger charge is -2.18. The Labute approximate surface area is 154 Å². The molecule has 140 valence electrons. The molecule has 0 aliphatic heterocycles. The van der Waals surface area contributed by atoms with Crippen LogP contribution < -0.4 is 14.8 Å².